The Hall–Kier alpha value is -1.84. The van der Waals surface area contributed by atoms with E-state index in [1.807, 2.05) is 66.7 Å². The first-order valence-electron chi connectivity index (χ1n) is 8.44. The van der Waals surface area contributed by atoms with Crippen molar-refractivity contribution >= 4 is 73.1 Å². The van der Waals surface area contributed by atoms with Crippen molar-refractivity contribution in [1.82, 2.24) is 4.90 Å². The molecule has 1 saturated heterocycles. The summed E-state index contributed by atoms with van der Waals surface area (Å²) in [7, 11) is 0. The number of furan rings is 1. The molecule has 4 rings (SSSR count). The van der Waals surface area contributed by atoms with Crippen LogP contribution in [-0.2, 0) is 11.3 Å². The third-order valence-corrected chi connectivity index (χ3v) is 7.13. The molecule has 0 bridgehead atoms. The molecule has 0 N–H and O–H groups in total. The van der Waals surface area contributed by atoms with Crippen LogP contribution in [-0.4, -0.2) is 16.0 Å². The zero-order chi connectivity index (χ0) is 19.5. The molecular formula is C21H14BrIN2O2S. The Labute approximate surface area is 189 Å². The van der Waals surface area contributed by atoms with Crippen LogP contribution in [0, 0.1) is 3.77 Å². The normalized spacial score (nSPS) is 17.1. The summed E-state index contributed by atoms with van der Waals surface area (Å²) >= 11 is 6.90. The van der Waals surface area contributed by atoms with Gasteiger partial charge in [0.15, 0.2) is 8.93 Å². The molecule has 1 aromatic heterocycles. The van der Waals surface area contributed by atoms with E-state index in [0.717, 1.165) is 19.5 Å². The molecule has 0 unspecified atom stereocenters. The average molecular weight is 565 g/mol. The second kappa shape index (κ2) is 8.67. The van der Waals surface area contributed by atoms with Gasteiger partial charge in [-0.05, 0) is 51.5 Å². The van der Waals surface area contributed by atoms with Crippen molar-refractivity contribution in [3.05, 3.63) is 91.2 Å². The van der Waals surface area contributed by atoms with Gasteiger partial charge in [0.05, 0.1) is 21.6 Å². The second-order valence-electron chi connectivity index (χ2n) is 5.99. The Bertz CT molecular complexity index is 1050. The van der Waals surface area contributed by atoms with Gasteiger partial charge in [-0.3, -0.25) is 9.69 Å². The summed E-state index contributed by atoms with van der Waals surface area (Å²) in [5.74, 6) is 0.554. The molecule has 2 aromatic carbocycles. The van der Waals surface area contributed by atoms with Crippen molar-refractivity contribution in [2.24, 2.45) is 4.99 Å². The third kappa shape index (κ3) is 4.42. The van der Waals surface area contributed by atoms with Crippen LogP contribution < -0.4 is 0 Å². The molecule has 140 valence electrons. The van der Waals surface area contributed by atoms with Crippen molar-refractivity contribution in [2.45, 2.75) is 6.54 Å². The van der Waals surface area contributed by atoms with Gasteiger partial charge < -0.3 is 4.42 Å². The lowest BCUT2D eigenvalue weighted by Crippen LogP contribution is -2.28. The van der Waals surface area contributed by atoms with E-state index in [2.05, 4.69) is 38.5 Å². The van der Waals surface area contributed by atoms with Crippen LogP contribution in [0.4, 0.5) is 5.69 Å². The number of hydrogen-bond acceptors (Lipinski definition) is 4. The molecule has 0 aliphatic carbocycles. The minimum absolute atomic E-state index is 0.0777. The summed E-state index contributed by atoms with van der Waals surface area (Å²) in [6.45, 7) is 0.467. The highest BCUT2D eigenvalue weighted by molar-refractivity contribution is 14.1. The standard InChI is InChI=1S/C21H14BrIN2O2S/c22-17-11-16(27-19(17)23)12-18-20(26)25(13-14-7-3-1-4-8-14)21(28-18)24-15-9-5-2-6-10-15/h1-12H,13H2/b18-12-,24-21?. The van der Waals surface area contributed by atoms with E-state index >= 15 is 0 Å². The van der Waals surface area contributed by atoms with Crippen LogP contribution in [0.1, 0.15) is 11.3 Å². The third-order valence-electron chi connectivity index (χ3n) is 3.99. The fourth-order valence-corrected chi connectivity index (χ4v) is 4.37. The number of amidine groups is 1. The summed E-state index contributed by atoms with van der Waals surface area (Å²) in [5.41, 5.74) is 1.86. The molecule has 7 heteroatoms. The number of nitrogens with zero attached hydrogens (tertiary/aromatic N) is 2. The molecule has 2 heterocycles. The highest BCUT2D eigenvalue weighted by Gasteiger charge is 2.33. The number of amides is 1. The van der Waals surface area contributed by atoms with Gasteiger partial charge >= 0.3 is 0 Å². The summed E-state index contributed by atoms with van der Waals surface area (Å²) in [4.78, 5) is 20.1. The van der Waals surface area contributed by atoms with Crippen molar-refractivity contribution in [1.29, 1.82) is 0 Å². The summed E-state index contributed by atoms with van der Waals surface area (Å²) < 4.78 is 7.29. The maximum Gasteiger partial charge on any atom is 0.267 e. The summed E-state index contributed by atoms with van der Waals surface area (Å²) in [5, 5.41) is 0.659. The predicted octanol–water partition coefficient (Wildman–Crippen LogP) is 6.45. The fourth-order valence-electron chi connectivity index (χ4n) is 2.67. The molecule has 0 saturated carbocycles. The van der Waals surface area contributed by atoms with Crippen molar-refractivity contribution in [3.63, 3.8) is 0 Å². The molecule has 0 radical (unpaired) electrons. The Kier molecular flexibility index (Phi) is 6.03. The number of carbonyl (C=O) groups is 1. The highest BCUT2D eigenvalue weighted by Crippen LogP contribution is 2.36. The average Bonchev–Trinajstić information content (AvgIpc) is 3.17. The molecule has 0 atom stereocenters. The van der Waals surface area contributed by atoms with E-state index in [1.165, 1.54) is 11.8 Å². The van der Waals surface area contributed by atoms with Crippen LogP contribution in [0.5, 0.6) is 0 Å². The van der Waals surface area contributed by atoms with Crippen LogP contribution in [0.25, 0.3) is 6.08 Å². The van der Waals surface area contributed by atoms with Gasteiger partial charge in [0, 0.05) is 28.7 Å². The number of para-hydroxylation sites is 1. The van der Waals surface area contributed by atoms with Crippen LogP contribution >= 0.6 is 50.3 Å². The smallest absolute Gasteiger partial charge is 0.267 e. The number of halogens is 2. The first kappa shape index (κ1) is 19.5. The van der Waals surface area contributed by atoms with Gasteiger partial charge in [-0.15, -0.1) is 0 Å². The zero-order valence-corrected chi connectivity index (χ0v) is 19.1. The van der Waals surface area contributed by atoms with E-state index in [4.69, 9.17) is 9.41 Å². The van der Waals surface area contributed by atoms with Crippen LogP contribution in [0.3, 0.4) is 0 Å². The molecule has 28 heavy (non-hydrogen) atoms. The van der Waals surface area contributed by atoms with Gasteiger partial charge in [-0.2, -0.15) is 0 Å². The molecule has 1 fully saturated rings. The molecule has 3 aromatic rings. The van der Waals surface area contributed by atoms with E-state index in [1.54, 1.807) is 11.0 Å². The Morgan fingerprint density at radius 2 is 1.79 bits per heavy atom. The monoisotopic (exact) mass is 564 g/mol. The lowest BCUT2D eigenvalue weighted by Gasteiger charge is -2.15. The largest absolute Gasteiger partial charge is 0.450 e. The molecule has 1 aliphatic rings. The molecule has 4 nitrogen and oxygen atoms in total. The fraction of sp³-hybridized carbons (Fsp3) is 0.0476. The molecular weight excluding hydrogens is 551 g/mol. The highest BCUT2D eigenvalue weighted by atomic mass is 127. The SMILES string of the molecule is O=C1/C(=C/c2cc(Br)c(I)o2)SC(=Nc2ccccc2)N1Cc1ccccc1. The second-order valence-corrected chi connectivity index (χ2v) is 8.83. The Morgan fingerprint density at radius 3 is 2.43 bits per heavy atom. The van der Waals surface area contributed by atoms with E-state index in [-0.39, 0.29) is 5.91 Å². The van der Waals surface area contributed by atoms with E-state index in [0.29, 0.717) is 22.4 Å². The first-order chi connectivity index (χ1) is 13.6. The van der Waals surface area contributed by atoms with Crippen LogP contribution in [0.15, 0.2) is 85.5 Å². The van der Waals surface area contributed by atoms with E-state index in [9.17, 15) is 4.79 Å². The molecule has 1 aliphatic heterocycles. The van der Waals surface area contributed by atoms with Crippen molar-refractivity contribution in [3.8, 4) is 0 Å². The molecule has 1 amide bonds. The number of carbonyl (C=O) groups excluding carboxylic acids is 1. The number of hydrogen-bond donors (Lipinski definition) is 0. The zero-order valence-electron chi connectivity index (χ0n) is 14.5. The van der Waals surface area contributed by atoms with Crippen LogP contribution in [0.2, 0.25) is 0 Å². The first-order valence-corrected chi connectivity index (χ1v) is 11.1. The van der Waals surface area contributed by atoms with Gasteiger partial charge in [-0.25, -0.2) is 4.99 Å². The van der Waals surface area contributed by atoms with Gasteiger partial charge in [0.2, 0.25) is 0 Å². The maximum atomic E-state index is 13.1. The minimum atomic E-state index is -0.0777. The Morgan fingerprint density at radius 1 is 1.11 bits per heavy atom. The number of rotatable bonds is 4. The topological polar surface area (TPSA) is 45.8 Å². The lowest BCUT2D eigenvalue weighted by molar-refractivity contribution is -0.122. The number of benzene rings is 2. The van der Waals surface area contributed by atoms with Gasteiger partial charge in [0.1, 0.15) is 5.76 Å². The van der Waals surface area contributed by atoms with Gasteiger partial charge in [0.25, 0.3) is 5.91 Å². The Balaban J connectivity index is 1.70. The summed E-state index contributed by atoms with van der Waals surface area (Å²) in [6.07, 6.45) is 1.77. The van der Waals surface area contributed by atoms with Gasteiger partial charge in [-0.1, -0.05) is 48.5 Å². The number of thioether (sulfide) groups is 1. The molecule has 0 spiro atoms. The maximum absolute atomic E-state index is 13.1. The number of aliphatic imine (C=N–C) groups is 1. The van der Waals surface area contributed by atoms with Crippen molar-refractivity contribution in [2.75, 3.05) is 0 Å². The lowest BCUT2D eigenvalue weighted by atomic mass is 10.2. The quantitative estimate of drug-likeness (QED) is 0.270. The minimum Gasteiger partial charge on any atom is -0.450 e. The van der Waals surface area contributed by atoms with E-state index < -0.39 is 0 Å². The summed E-state index contributed by atoms with van der Waals surface area (Å²) in [6, 6.07) is 21.4. The van der Waals surface area contributed by atoms with Crippen molar-refractivity contribution < 1.29 is 9.21 Å². The predicted molar refractivity (Wildman–Crippen MR) is 125 cm³/mol.